The third kappa shape index (κ3) is 1.98. The van der Waals surface area contributed by atoms with Gasteiger partial charge in [0.25, 0.3) is 0 Å². The molecule has 0 aliphatic heterocycles. The molecule has 0 N–H and O–H groups in total. The monoisotopic (exact) mass is 316 g/mol. The van der Waals surface area contributed by atoms with Crippen molar-refractivity contribution in [1.29, 1.82) is 5.26 Å². The number of halogens is 2. The molecule has 0 saturated carbocycles. The van der Waals surface area contributed by atoms with Crippen LogP contribution in [-0.2, 0) is 0 Å². The fourth-order valence-electron chi connectivity index (χ4n) is 1.93. The summed E-state index contributed by atoms with van der Waals surface area (Å²) in [4.78, 5) is 3.64. The molecule has 0 fully saturated rings. The van der Waals surface area contributed by atoms with Crippen molar-refractivity contribution in [3.8, 4) is 17.2 Å². The van der Waals surface area contributed by atoms with Crippen LogP contribution in [0.3, 0.4) is 0 Å². The van der Waals surface area contributed by atoms with Gasteiger partial charge < -0.3 is 0 Å². The van der Waals surface area contributed by atoms with Crippen LogP contribution in [-0.4, -0.2) is 14.6 Å². The number of rotatable bonds is 1. The number of nitrogens with zero attached hydrogens (tertiary/aromatic N) is 4. The molecule has 3 aromatic heterocycles. The van der Waals surface area contributed by atoms with Gasteiger partial charge in [0.2, 0.25) is 5.95 Å². The molecule has 3 heterocycles. The highest BCUT2D eigenvalue weighted by Crippen LogP contribution is 2.29. The molecule has 0 saturated heterocycles. The van der Waals surface area contributed by atoms with E-state index in [1.165, 1.54) is 18.5 Å². The van der Waals surface area contributed by atoms with E-state index in [9.17, 15) is 4.39 Å². The van der Waals surface area contributed by atoms with Gasteiger partial charge in [-0.15, -0.1) is 0 Å². The molecule has 0 aliphatic rings. The van der Waals surface area contributed by atoms with Crippen molar-refractivity contribution in [2.75, 3.05) is 0 Å². The van der Waals surface area contributed by atoms with Crippen LogP contribution in [0.1, 0.15) is 5.56 Å². The molecule has 92 valence electrons. The molecular weight excluding hydrogens is 311 g/mol. The maximum absolute atomic E-state index is 12.9. The zero-order chi connectivity index (χ0) is 13.4. The highest BCUT2D eigenvalue weighted by Gasteiger charge is 2.12. The number of hydrogen-bond acceptors (Lipinski definition) is 3. The molecule has 0 unspecified atom stereocenters. The molecule has 3 aromatic rings. The van der Waals surface area contributed by atoms with Crippen molar-refractivity contribution in [3.05, 3.63) is 52.8 Å². The van der Waals surface area contributed by atoms with Crippen molar-refractivity contribution >= 4 is 21.4 Å². The Bertz CT molecular complexity index is 802. The van der Waals surface area contributed by atoms with Crippen LogP contribution >= 0.6 is 15.9 Å². The van der Waals surface area contributed by atoms with Crippen LogP contribution in [0.5, 0.6) is 0 Å². The van der Waals surface area contributed by atoms with E-state index in [1.807, 2.05) is 6.07 Å². The van der Waals surface area contributed by atoms with E-state index in [2.05, 4.69) is 32.1 Å². The highest BCUT2D eigenvalue weighted by molar-refractivity contribution is 9.10. The summed E-state index contributed by atoms with van der Waals surface area (Å²) < 4.78 is 15.3. The number of fused-ring (bicyclic) bond motifs is 1. The SMILES string of the molecule is N#Cc1cnn2cc(Br)cc(-c3ccc(F)nc3)c12. The molecule has 0 aromatic carbocycles. The lowest BCUT2D eigenvalue weighted by atomic mass is 10.1. The average Bonchev–Trinajstić information content (AvgIpc) is 2.81. The number of hydrogen-bond donors (Lipinski definition) is 0. The van der Waals surface area contributed by atoms with Crippen molar-refractivity contribution < 1.29 is 4.39 Å². The van der Waals surface area contributed by atoms with E-state index >= 15 is 0 Å². The minimum absolute atomic E-state index is 0.465. The molecule has 6 heteroatoms. The Hall–Kier alpha value is -2.26. The normalized spacial score (nSPS) is 10.6. The Kier molecular flexibility index (Phi) is 2.76. The number of nitriles is 1. The smallest absolute Gasteiger partial charge is 0.212 e. The topological polar surface area (TPSA) is 54.0 Å². The summed E-state index contributed by atoms with van der Waals surface area (Å²) in [6.07, 6.45) is 4.70. The van der Waals surface area contributed by atoms with Gasteiger partial charge in [-0.3, -0.25) is 0 Å². The zero-order valence-electron chi connectivity index (χ0n) is 9.51. The van der Waals surface area contributed by atoms with Gasteiger partial charge >= 0.3 is 0 Å². The second kappa shape index (κ2) is 4.44. The lowest BCUT2D eigenvalue weighted by Gasteiger charge is -2.05. The van der Waals surface area contributed by atoms with Gasteiger partial charge in [-0.1, -0.05) is 0 Å². The molecule has 0 bridgehead atoms. The largest absolute Gasteiger partial charge is 0.238 e. The Morgan fingerprint density at radius 2 is 2.16 bits per heavy atom. The van der Waals surface area contributed by atoms with Crippen LogP contribution in [0, 0.1) is 17.3 Å². The first-order valence-corrected chi connectivity index (χ1v) is 6.17. The van der Waals surface area contributed by atoms with Gasteiger partial charge in [-0.05, 0) is 34.1 Å². The van der Waals surface area contributed by atoms with E-state index in [1.54, 1.807) is 16.8 Å². The standard InChI is InChI=1S/C13H6BrFN4/c14-10-3-11(8-1-2-12(15)17-5-8)13-9(4-16)6-18-19(13)7-10/h1-3,5-7H. The number of pyridine rings is 2. The van der Waals surface area contributed by atoms with Gasteiger partial charge in [0, 0.05) is 28.0 Å². The molecule has 4 nitrogen and oxygen atoms in total. The minimum Gasteiger partial charge on any atom is -0.238 e. The van der Waals surface area contributed by atoms with E-state index in [0.29, 0.717) is 11.1 Å². The molecule has 19 heavy (non-hydrogen) atoms. The molecular formula is C13H6BrFN4. The first kappa shape index (κ1) is 11.8. The van der Waals surface area contributed by atoms with Crippen molar-refractivity contribution in [3.63, 3.8) is 0 Å². The fourth-order valence-corrected chi connectivity index (χ4v) is 2.35. The first-order chi connectivity index (χ1) is 9.19. The first-order valence-electron chi connectivity index (χ1n) is 5.38. The molecule has 0 radical (unpaired) electrons. The van der Waals surface area contributed by atoms with Crippen LogP contribution < -0.4 is 0 Å². The Morgan fingerprint density at radius 3 is 2.84 bits per heavy atom. The number of aromatic nitrogens is 3. The lowest BCUT2D eigenvalue weighted by Crippen LogP contribution is -1.92. The van der Waals surface area contributed by atoms with Crippen molar-refractivity contribution in [2.45, 2.75) is 0 Å². The van der Waals surface area contributed by atoms with Crippen LogP contribution in [0.15, 0.2) is 41.3 Å². The Labute approximate surface area is 116 Å². The van der Waals surface area contributed by atoms with Gasteiger partial charge in [0.1, 0.15) is 6.07 Å². The average molecular weight is 317 g/mol. The minimum atomic E-state index is -0.538. The second-order valence-electron chi connectivity index (χ2n) is 3.90. The van der Waals surface area contributed by atoms with E-state index < -0.39 is 5.95 Å². The third-order valence-corrected chi connectivity index (χ3v) is 3.17. The maximum Gasteiger partial charge on any atom is 0.212 e. The second-order valence-corrected chi connectivity index (χ2v) is 4.82. The zero-order valence-corrected chi connectivity index (χ0v) is 11.1. The predicted octanol–water partition coefficient (Wildman–Crippen LogP) is 3.17. The fraction of sp³-hybridized carbons (Fsp3) is 0. The lowest BCUT2D eigenvalue weighted by molar-refractivity contribution is 0.584. The van der Waals surface area contributed by atoms with E-state index in [-0.39, 0.29) is 0 Å². The van der Waals surface area contributed by atoms with Crippen LogP contribution in [0.4, 0.5) is 4.39 Å². The van der Waals surface area contributed by atoms with Gasteiger partial charge in [-0.2, -0.15) is 14.8 Å². The van der Waals surface area contributed by atoms with E-state index in [4.69, 9.17) is 5.26 Å². The third-order valence-electron chi connectivity index (χ3n) is 2.74. The summed E-state index contributed by atoms with van der Waals surface area (Å²) in [5.74, 6) is -0.538. The predicted molar refractivity (Wildman–Crippen MR) is 70.8 cm³/mol. The summed E-state index contributed by atoms with van der Waals surface area (Å²) in [5, 5.41) is 13.2. The van der Waals surface area contributed by atoms with Gasteiger partial charge in [-0.25, -0.2) is 9.50 Å². The van der Waals surface area contributed by atoms with Crippen molar-refractivity contribution in [1.82, 2.24) is 14.6 Å². The van der Waals surface area contributed by atoms with Gasteiger partial charge in [0.05, 0.1) is 17.3 Å². The quantitative estimate of drug-likeness (QED) is 0.648. The summed E-state index contributed by atoms with van der Waals surface area (Å²) in [5.41, 5.74) is 2.64. The molecule has 0 spiro atoms. The van der Waals surface area contributed by atoms with Crippen LogP contribution in [0.2, 0.25) is 0 Å². The van der Waals surface area contributed by atoms with E-state index in [0.717, 1.165) is 15.6 Å². The Balaban J connectivity index is 2.36. The van der Waals surface area contributed by atoms with Gasteiger partial charge in [0.15, 0.2) is 0 Å². The summed E-state index contributed by atoms with van der Waals surface area (Å²) in [6, 6.07) is 6.86. The molecule has 0 amide bonds. The van der Waals surface area contributed by atoms with Crippen molar-refractivity contribution in [2.24, 2.45) is 0 Å². The molecule has 0 atom stereocenters. The highest BCUT2D eigenvalue weighted by atomic mass is 79.9. The molecule has 3 rings (SSSR count). The Morgan fingerprint density at radius 1 is 1.32 bits per heavy atom. The summed E-state index contributed by atoms with van der Waals surface area (Å²) in [6.45, 7) is 0. The van der Waals surface area contributed by atoms with Crippen LogP contribution in [0.25, 0.3) is 16.6 Å². The molecule has 0 aliphatic carbocycles. The summed E-state index contributed by atoms with van der Waals surface area (Å²) >= 11 is 3.39. The summed E-state index contributed by atoms with van der Waals surface area (Å²) in [7, 11) is 0. The maximum atomic E-state index is 12.9.